The normalized spacial score (nSPS) is 20.4. The lowest BCUT2D eigenvalue weighted by Gasteiger charge is -2.26. The largest absolute Gasteiger partial charge is 0.488 e. The van der Waals surface area contributed by atoms with Crippen LogP contribution in [-0.2, 0) is 16.0 Å². The number of nitrogens with zero attached hydrogens (tertiary/aromatic N) is 1. The molecule has 1 aliphatic heterocycles. The Bertz CT molecular complexity index is 605. The number of rotatable bonds is 5. The highest BCUT2D eigenvalue weighted by Gasteiger charge is 2.42. The highest BCUT2D eigenvalue weighted by molar-refractivity contribution is 5.81. The van der Waals surface area contributed by atoms with E-state index in [1.807, 2.05) is 24.3 Å². The van der Waals surface area contributed by atoms with E-state index in [0.717, 1.165) is 12.8 Å². The third kappa shape index (κ3) is 5.37. The summed E-state index contributed by atoms with van der Waals surface area (Å²) in [6, 6.07) is 6.86. The number of carbonyl (C=O) groups excluding carboxylic acids is 1. The molecule has 1 aromatic rings. The maximum Gasteiger partial charge on any atom is 0.411 e. The van der Waals surface area contributed by atoms with Crippen molar-refractivity contribution in [3.8, 4) is 5.75 Å². The standard InChI is InChI=1S/C19H27NO5/c1-5-6-13-7-9-14(10-8-13)24-15-11-16(17(21)22)20(12-15)18(23)25-19(2,3)4/h7-10,15-16H,5-6,11-12H2,1-4H3,(H,21,22). The fraction of sp³-hybridized carbons (Fsp3) is 0.579. The van der Waals surface area contributed by atoms with Crippen molar-refractivity contribution in [3.05, 3.63) is 29.8 Å². The lowest BCUT2D eigenvalue weighted by Crippen LogP contribution is -2.43. The quantitative estimate of drug-likeness (QED) is 0.881. The van der Waals surface area contributed by atoms with Gasteiger partial charge >= 0.3 is 12.1 Å². The van der Waals surface area contributed by atoms with Crippen molar-refractivity contribution in [1.29, 1.82) is 0 Å². The van der Waals surface area contributed by atoms with Crippen LogP contribution in [0.4, 0.5) is 4.79 Å². The third-order valence-electron chi connectivity index (χ3n) is 3.94. The van der Waals surface area contributed by atoms with E-state index >= 15 is 0 Å². The minimum absolute atomic E-state index is 0.197. The number of hydrogen-bond acceptors (Lipinski definition) is 4. The van der Waals surface area contributed by atoms with Gasteiger partial charge < -0.3 is 14.6 Å². The van der Waals surface area contributed by atoms with Gasteiger partial charge in [-0.25, -0.2) is 9.59 Å². The van der Waals surface area contributed by atoms with E-state index in [1.165, 1.54) is 10.5 Å². The summed E-state index contributed by atoms with van der Waals surface area (Å²) in [6.07, 6.45) is 1.34. The summed E-state index contributed by atoms with van der Waals surface area (Å²) in [7, 11) is 0. The Hall–Kier alpha value is -2.24. The Morgan fingerprint density at radius 3 is 2.40 bits per heavy atom. The molecule has 25 heavy (non-hydrogen) atoms. The molecule has 6 nitrogen and oxygen atoms in total. The lowest BCUT2D eigenvalue weighted by atomic mass is 10.1. The molecule has 1 fully saturated rings. The first kappa shape index (κ1) is 19.1. The minimum Gasteiger partial charge on any atom is -0.488 e. The van der Waals surface area contributed by atoms with Gasteiger partial charge in [-0.2, -0.15) is 0 Å². The monoisotopic (exact) mass is 349 g/mol. The van der Waals surface area contributed by atoms with Crippen LogP contribution in [0.15, 0.2) is 24.3 Å². The minimum atomic E-state index is -1.05. The molecule has 1 heterocycles. The van der Waals surface area contributed by atoms with Crippen molar-refractivity contribution in [1.82, 2.24) is 4.90 Å². The van der Waals surface area contributed by atoms with Crippen LogP contribution < -0.4 is 4.74 Å². The van der Waals surface area contributed by atoms with Gasteiger partial charge in [0.2, 0.25) is 0 Å². The van der Waals surface area contributed by atoms with Gasteiger partial charge in [-0.05, 0) is 44.9 Å². The molecule has 0 radical (unpaired) electrons. The molecule has 1 aliphatic rings. The summed E-state index contributed by atoms with van der Waals surface area (Å²) in [5, 5.41) is 9.41. The first-order chi connectivity index (χ1) is 11.7. The van der Waals surface area contributed by atoms with Crippen molar-refractivity contribution in [3.63, 3.8) is 0 Å². The molecule has 1 N–H and O–H groups in total. The second kappa shape index (κ2) is 7.76. The SMILES string of the molecule is CCCc1ccc(OC2CC(C(=O)O)N(C(=O)OC(C)(C)C)C2)cc1. The van der Waals surface area contributed by atoms with Gasteiger partial charge in [0.1, 0.15) is 23.5 Å². The van der Waals surface area contributed by atoms with E-state index in [0.29, 0.717) is 5.75 Å². The Balaban J connectivity index is 2.03. The van der Waals surface area contributed by atoms with Crippen LogP contribution in [0.25, 0.3) is 0 Å². The molecule has 138 valence electrons. The number of aryl methyl sites for hydroxylation is 1. The predicted molar refractivity (Wildman–Crippen MR) is 93.8 cm³/mol. The second-order valence-corrected chi connectivity index (χ2v) is 7.36. The van der Waals surface area contributed by atoms with E-state index < -0.39 is 23.7 Å². The first-order valence-corrected chi connectivity index (χ1v) is 8.67. The number of ether oxygens (including phenoxy) is 2. The van der Waals surface area contributed by atoms with E-state index in [1.54, 1.807) is 20.8 Å². The zero-order chi connectivity index (χ0) is 18.6. The number of likely N-dealkylation sites (tertiary alicyclic amines) is 1. The molecule has 0 bridgehead atoms. The van der Waals surface area contributed by atoms with Gasteiger partial charge in [0.25, 0.3) is 0 Å². The zero-order valence-electron chi connectivity index (χ0n) is 15.3. The zero-order valence-corrected chi connectivity index (χ0v) is 15.3. The van der Waals surface area contributed by atoms with Gasteiger partial charge in [-0.3, -0.25) is 4.90 Å². The van der Waals surface area contributed by atoms with Crippen LogP contribution in [0.5, 0.6) is 5.75 Å². The maximum atomic E-state index is 12.3. The molecule has 1 aromatic carbocycles. The molecule has 0 aromatic heterocycles. The van der Waals surface area contributed by atoms with Gasteiger partial charge in [0.05, 0.1) is 6.54 Å². The molecular weight excluding hydrogens is 322 g/mol. The number of carboxylic acid groups (broad SMARTS) is 1. The van der Waals surface area contributed by atoms with Crippen LogP contribution >= 0.6 is 0 Å². The van der Waals surface area contributed by atoms with Gasteiger partial charge in [-0.1, -0.05) is 25.5 Å². The molecule has 0 aliphatic carbocycles. The topological polar surface area (TPSA) is 76.1 Å². The van der Waals surface area contributed by atoms with Gasteiger partial charge in [-0.15, -0.1) is 0 Å². The van der Waals surface area contributed by atoms with Gasteiger partial charge in [0.15, 0.2) is 0 Å². The van der Waals surface area contributed by atoms with Crippen LogP contribution in [0.2, 0.25) is 0 Å². The molecule has 2 rings (SSSR count). The number of amides is 1. The van der Waals surface area contributed by atoms with E-state index in [-0.39, 0.29) is 19.1 Å². The van der Waals surface area contributed by atoms with E-state index in [2.05, 4.69) is 6.92 Å². The number of benzene rings is 1. The van der Waals surface area contributed by atoms with E-state index in [4.69, 9.17) is 9.47 Å². The van der Waals surface area contributed by atoms with Gasteiger partial charge in [0, 0.05) is 6.42 Å². The summed E-state index contributed by atoms with van der Waals surface area (Å²) >= 11 is 0. The molecular formula is C19H27NO5. The summed E-state index contributed by atoms with van der Waals surface area (Å²) in [4.78, 5) is 25.0. The van der Waals surface area contributed by atoms with Crippen molar-refractivity contribution >= 4 is 12.1 Å². The summed E-state index contributed by atoms with van der Waals surface area (Å²) in [5.41, 5.74) is 0.564. The Kier molecular flexibility index (Phi) is 5.93. The summed E-state index contributed by atoms with van der Waals surface area (Å²) in [5.74, 6) is -0.365. The summed E-state index contributed by atoms with van der Waals surface area (Å²) < 4.78 is 11.2. The van der Waals surface area contributed by atoms with Crippen molar-refractivity contribution in [2.45, 2.75) is 64.7 Å². The fourth-order valence-electron chi connectivity index (χ4n) is 2.86. The average Bonchev–Trinajstić information content (AvgIpc) is 2.92. The Morgan fingerprint density at radius 1 is 1.24 bits per heavy atom. The number of hydrogen-bond donors (Lipinski definition) is 1. The third-order valence-corrected chi connectivity index (χ3v) is 3.94. The summed E-state index contributed by atoms with van der Waals surface area (Å²) in [6.45, 7) is 7.58. The number of carboxylic acids is 1. The van der Waals surface area contributed by atoms with Crippen molar-refractivity contribution < 1.29 is 24.2 Å². The molecule has 1 amide bonds. The average molecular weight is 349 g/mol. The Labute approximate surface area is 148 Å². The second-order valence-electron chi connectivity index (χ2n) is 7.36. The lowest BCUT2D eigenvalue weighted by molar-refractivity contribution is -0.142. The van der Waals surface area contributed by atoms with E-state index in [9.17, 15) is 14.7 Å². The van der Waals surface area contributed by atoms with Crippen molar-refractivity contribution in [2.75, 3.05) is 6.54 Å². The smallest absolute Gasteiger partial charge is 0.411 e. The number of aliphatic carboxylic acids is 1. The van der Waals surface area contributed by atoms with Crippen molar-refractivity contribution in [2.24, 2.45) is 0 Å². The maximum absolute atomic E-state index is 12.3. The fourth-order valence-corrected chi connectivity index (χ4v) is 2.86. The molecule has 1 saturated heterocycles. The number of carbonyl (C=O) groups is 2. The first-order valence-electron chi connectivity index (χ1n) is 8.67. The highest BCUT2D eigenvalue weighted by atomic mass is 16.6. The van der Waals surface area contributed by atoms with Crippen LogP contribution in [0.3, 0.4) is 0 Å². The van der Waals surface area contributed by atoms with Crippen LogP contribution in [-0.4, -0.2) is 46.4 Å². The molecule has 2 unspecified atom stereocenters. The highest BCUT2D eigenvalue weighted by Crippen LogP contribution is 2.25. The molecule has 0 spiro atoms. The predicted octanol–water partition coefficient (Wildman–Crippen LogP) is 3.48. The van der Waals surface area contributed by atoms with Crippen LogP contribution in [0, 0.1) is 0 Å². The van der Waals surface area contributed by atoms with Crippen LogP contribution in [0.1, 0.15) is 46.1 Å². The molecule has 6 heteroatoms. The molecule has 2 atom stereocenters. The molecule has 0 saturated carbocycles. The Morgan fingerprint density at radius 2 is 1.88 bits per heavy atom.